The monoisotopic (exact) mass is 247 g/mol. The van der Waals surface area contributed by atoms with E-state index >= 15 is 0 Å². The molecule has 0 unspecified atom stereocenters. The average molecular weight is 247 g/mol. The Hall–Kier alpha value is -1.06. The molecule has 1 aromatic carbocycles. The Labute approximate surface area is 111 Å². The van der Waals surface area contributed by atoms with Gasteiger partial charge in [0, 0.05) is 31.4 Å². The standard InChI is InChI=1S/C15H25N3/c1-3-14(16)13-7-4-5-8-15(13)18-10-6-9-17(2)11-12-18/h4-5,7-8,14H,3,6,9-12,16H2,1-2H3/t14-/m0/s1. The van der Waals surface area contributed by atoms with Crippen molar-refractivity contribution < 1.29 is 0 Å². The van der Waals surface area contributed by atoms with Gasteiger partial charge in [0.05, 0.1) is 0 Å². The normalized spacial score (nSPS) is 19.6. The molecule has 3 heteroatoms. The second kappa shape index (κ2) is 6.21. The quantitative estimate of drug-likeness (QED) is 0.889. The molecule has 0 aromatic heterocycles. The van der Waals surface area contributed by atoms with Crippen LogP contribution < -0.4 is 10.6 Å². The predicted octanol–water partition coefficient (Wildman–Crippen LogP) is 2.24. The fraction of sp³-hybridized carbons (Fsp3) is 0.600. The van der Waals surface area contributed by atoms with Gasteiger partial charge in [0.15, 0.2) is 0 Å². The van der Waals surface area contributed by atoms with Gasteiger partial charge >= 0.3 is 0 Å². The fourth-order valence-corrected chi connectivity index (χ4v) is 2.60. The van der Waals surface area contributed by atoms with Crippen molar-refractivity contribution >= 4 is 5.69 Å². The Kier molecular flexibility index (Phi) is 4.61. The topological polar surface area (TPSA) is 32.5 Å². The third-order valence-corrected chi connectivity index (χ3v) is 3.84. The van der Waals surface area contributed by atoms with E-state index in [1.807, 2.05) is 0 Å². The third kappa shape index (κ3) is 3.03. The first-order valence-electron chi connectivity index (χ1n) is 7.00. The van der Waals surface area contributed by atoms with E-state index in [1.165, 1.54) is 24.2 Å². The molecule has 1 aromatic rings. The highest BCUT2D eigenvalue weighted by atomic mass is 15.2. The van der Waals surface area contributed by atoms with Gasteiger partial charge in [0.2, 0.25) is 0 Å². The molecule has 1 aliphatic rings. The molecule has 0 bridgehead atoms. The summed E-state index contributed by atoms with van der Waals surface area (Å²) in [6, 6.07) is 8.77. The maximum absolute atomic E-state index is 6.23. The van der Waals surface area contributed by atoms with E-state index in [0.29, 0.717) is 0 Å². The molecule has 0 spiro atoms. The third-order valence-electron chi connectivity index (χ3n) is 3.84. The Morgan fingerprint density at radius 1 is 1.17 bits per heavy atom. The SMILES string of the molecule is CC[C@H](N)c1ccccc1N1CCCN(C)CC1. The van der Waals surface area contributed by atoms with Crippen molar-refractivity contribution in [1.29, 1.82) is 0 Å². The highest BCUT2D eigenvalue weighted by molar-refractivity contribution is 5.55. The number of benzene rings is 1. The van der Waals surface area contributed by atoms with E-state index in [9.17, 15) is 0 Å². The predicted molar refractivity (Wildman–Crippen MR) is 78.0 cm³/mol. The van der Waals surface area contributed by atoms with Gasteiger partial charge in [-0.25, -0.2) is 0 Å². The molecule has 1 atom stereocenters. The highest BCUT2D eigenvalue weighted by Gasteiger charge is 2.17. The van der Waals surface area contributed by atoms with Crippen LogP contribution in [0.1, 0.15) is 31.4 Å². The van der Waals surface area contributed by atoms with E-state index in [0.717, 1.165) is 26.1 Å². The van der Waals surface area contributed by atoms with Crippen molar-refractivity contribution in [3.05, 3.63) is 29.8 Å². The molecule has 0 radical (unpaired) electrons. The Morgan fingerprint density at radius 2 is 1.94 bits per heavy atom. The molecular formula is C15H25N3. The first-order valence-corrected chi connectivity index (χ1v) is 7.00. The number of hydrogen-bond donors (Lipinski definition) is 1. The van der Waals surface area contributed by atoms with Crippen LogP contribution in [0.3, 0.4) is 0 Å². The van der Waals surface area contributed by atoms with E-state index in [4.69, 9.17) is 5.73 Å². The molecule has 1 heterocycles. The molecule has 2 N–H and O–H groups in total. The number of rotatable bonds is 3. The summed E-state index contributed by atoms with van der Waals surface area (Å²) in [6.07, 6.45) is 2.22. The van der Waals surface area contributed by atoms with Crippen LogP contribution in [0.15, 0.2) is 24.3 Å². The second-order valence-corrected chi connectivity index (χ2v) is 5.22. The zero-order valence-corrected chi connectivity index (χ0v) is 11.6. The molecule has 0 aliphatic carbocycles. The summed E-state index contributed by atoms with van der Waals surface area (Å²) < 4.78 is 0. The van der Waals surface area contributed by atoms with Crippen LogP contribution in [0.4, 0.5) is 5.69 Å². The lowest BCUT2D eigenvalue weighted by molar-refractivity contribution is 0.360. The number of anilines is 1. The summed E-state index contributed by atoms with van der Waals surface area (Å²) in [5, 5.41) is 0. The number of nitrogens with zero attached hydrogens (tertiary/aromatic N) is 2. The minimum atomic E-state index is 0.155. The minimum Gasteiger partial charge on any atom is -0.370 e. The fourth-order valence-electron chi connectivity index (χ4n) is 2.60. The van der Waals surface area contributed by atoms with Crippen molar-refractivity contribution in [1.82, 2.24) is 4.90 Å². The summed E-state index contributed by atoms with van der Waals surface area (Å²) >= 11 is 0. The van der Waals surface area contributed by atoms with Crippen LogP contribution in [-0.4, -0.2) is 38.1 Å². The molecule has 1 fully saturated rings. The van der Waals surface area contributed by atoms with Gasteiger partial charge in [0.1, 0.15) is 0 Å². The molecule has 2 rings (SSSR count). The average Bonchev–Trinajstić information content (AvgIpc) is 2.62. The number of hydrogen-bond acceptors (Lipinski definition) is 3. The molecule has 0 saturated carbocycles. The summed E-state index contributed by atoms with van der Waals surface area (Å²) in [7, 11) is 2.20. The Morgan fingerprint density at radius 3 is 2.72 bits per heavy atom. The molecule has 0 amide bonds. The van der Waals surface area contributed by atoms with Crippen molar-refractivity contribution in [3.63, 3.8) is 0 Å². The van der Waals surface area contributed by atoms with Crippen LogP contribution in [0, 0.1) is 0 Å². The summed E-state index contributed by atoms with van der Waals surface area (Å²) in [4.78, 5) is 4.90. The lowest BCUT2D eigenvalue weighted by Gasteiger charge is -2.27. The smallest absolute Gasteiger partial charge is 0.0415 e. The van der Waals surface area contributed by atoms with Crippen molar-refractivity contribution in [2.24, 2.45) is 5.73 Å². The van der Waals surface area contributed by atoms with Crippen LogP contribution in [0.25, 0.3) is 0 Å². The van der Waals surface area contributed by atoms with Gasteiger partial charge in [-0.2, -0.15) is 0 Å². The van der Waals surface area contributed by atoms with Crippen molar-refractivity contribution in [3.8, 4) is 0 Å². The van der Waals surface area contributed by atoms with E-state index in [1.54, 1.807) is 0 Å². The van der Waals surface area contributed by atoms with Crippen LogP contribution in [-0.2, 0) is 0 Å². The van der Waals surface area contributed by atoms with Gasteiger partial charge in [-0.05, 0) is 38.1 Å². The summed E-state index contributed by atoms with van der Waals surface area (Å²) in [5.41, 5.74) is 8.86. The first kappa shape index (κ1) is 13.4. The van der Waals surface area contributed by atoms with E-state index in [2.05, 4.69) is 48.0 Å². The number of para-hydroxylation sites is 1. The maximum Gasteiger partial charge on any atom is 0.0415 e. The lowest BCUT2D eigenvalue weighted by Crippen LogP contribution is -2.30. The van der Waals surface area contributed by atoms with Gasteiger partial charge in [-0.15, -0.1) is 0 Å². The van der Waals surface area contributed by atoms with E-state index in [-0.39, 0.29) is 6.04 Å². The maximum atomic E-state index is 6.23. The van der Waals surface area contributed by atoms with Gasteiger partial charge in [0.25, 0.3) is 0 Å². The zero-order chi connectivity index (χ0) is 13.0. The zero-order valence-electron chi connectivity index (χ0n) is 11.6. The van der Waals surface area contributed by atoms with Crippen molar-refractivity contribution in [2.45, 2.75) is 25.8 Å². The molecule has 1 saturated heterocycles. The number of nitrogens with two attached hydrogens (primary N) is 1. The van der Waals surface area contributed by atoms with Crippen LogP contribution >= 0.6 is 0 Å². The lowest BCUT2D eigenvalue weighted by atomic mass is 10.0. The highest BCUT2D eigenvalue weighted by Crippen LogP contribution is 2.27. The van der Waals surface area contributed by atoms with Gasteiger partial charge in [-0.1, -0.05) is 25.1 Å². The molecule has 1 aliphatic heterocycles. The van der Waals surface area contributed by atoms with Gasteiger partial charge in [-0.3, -0.25) is 0 Å². The second-order valence-electron chi connectivity index (χ2n) is 5.22. The van der Waals surface area contributed by atoms with E-state index < -0.39 is 0 Å². The largest absolute Gasteiger partial charge is 0.370 e. The number of likely N-dealkylation sites (N-methyl/N-ethyl adjacent to an activating group) is 1. The van der Waals surface area contributed by atoms with Crippen LogP contribution in [0.2, 0.25) is 0 Å². The Bertz CT molecular complexity index is 378. The van der Waals surface area contributed by atoms with Crippen LogP contribution in [0.5, 0.6) is 0 Å². The minimum absolute atomic E-state index is 0.155. The van der Waals surface area contributed by atoms with Gasteiger partial charge < -0.3 is 15.5 Å². The molecule has 3 nitrogen and oxygen atoms in total. The molecule has 18 heavy (non-hydrogen) atoms. The first-order chi connectivity index (χ1) is 8.72. The summed E-state index contributed by atoms with van der Waals surface area (Å²) in [5.74, 6) is 0. The molecular weight excluding hydrogens is 222 g/mol. The molecule has 100 valence electrons. The summed E-state index contributed by atoms with van der Waals surface area (Å²) in [6.45, 7) is 6.72. The van der Waals surface area contributed by atoms with Crippen molar-refractivity contribution in [2.75, 3.05) is 38.1 Å². The Balaban J connectivity index is 2.21.